The van der Waals surface area contributed by atoms with E-state index in [1.165, 1.54) is 64.2 Å². The Morgan fingerprint density at radius 3 is 1.58 bits per heavy atom. The number of phosphoric acid groups is 1. The second-order valence-electron chi connectivity index (χ2n) is 15.3. The highest BCUT2D eigenvalue weighted by molar-refractivity contribution is 7.47. The standard InChI is InChI=1S/C45H81O11P/c1-4-41(47)33-29-25-21-17-13-9-5-6-10-15-19-23-27-31-35-45(50)56-43(39-55-57(51,52)54-37-42(48)36-46)38-53-44(49)34-30-26-22-18-14-11-7-8-12-16-20-24-28-32-40(2)3/h6,9-10,13,19,21,23,25,40-43,46-48H,4-5,7-8,11-12,14-18,20,22,24,26-39H2,1-3H3,(H,51,52)/b10-6-,13-9-,23-19-,25-21-/t41-,42+,43-/m1/s1. The molecule has 0 radical (unpaired) electrons. The van der Waals surface area contributed by atoms with Gasteiger partial charge in [0.05, 0.1) is 25.9 Å². The minimum Gasteiger partial charge on any atom is -0.462 e. The Morgan fingerprint density at radius 2 is 1.05 bits per heavy atom. The van der Waals surface area contributed by atoms with Gasteiger partial charge in [-0.25, -0.2) is 4.57 Å². The van der Waals surface area contributed by atoms with Crippen LogP contribution in [0.2, 0.25) is 0 Å². The average Bonchev–Trinajstić information content (AvgIpc) is 3.18. The third kappa shape index (κ3) is 40.5. The lowest BCUT2D eigenvalue weighted by Crippen LogP contribution is -2.29. The molecule has 332 valence electrons. The molecule has 0 saturated carbocycles. The van der Waals surface area contributed by atoms with E-state index in [2.05, 4.69) is 54.8 Å². The number of hydrogen-bond donors (Lipinski definition) is 4. The highest BCUT2D eigenvalue weighted by Gasteiger charge is 2.27. The largest absolute Gasteiger partial charge is 0.472 e. The van der Waals surface area contributed by atoms with Gasteiger partial charge in [0, 0.05) is 12.8 Å². The molecule has 4 N–H and O–H groups in total. The van der Waals surface area contributed by atoms with E-state index in [4.69, 9.17) is 19.1 Å². The van der Waals surface area contributed by atoms with Crippen molar-refractivity contribution < 1.29 is 52.9 Å². The van der Waals surface area contributed by atoms with Crippen LogP contribution < -0.4 is 0 Å². The second kappa shape index (κ2) is 39.4. The molecule has 0 aromatic rings. The van der Waals surface area contributed by atoms with Crippen LogP contribution in [0.3, 0.4) is 0 Å². The Hall–Kier alpha value is -2.11. The Balaban J connectivity index is 4.39. The number of carbonyl (C=O) groups excluding carboxylic acids is 2. The van der Waals surface area contributed by atoms with Gasteiger partial charge in [-0.05, 0) is 63.7 Å². The Labute approximate surface area is 346 Å². The molecule has 0 saturated heterocycles. The molecule has 4 atom stereocenters. The quantitative estimate of drug-likeness (QED) is 0.0201. The lowest BCUT2D eigenvalue weighted by Gasteiger charge is -2.20. The zero-order valence-electron chi connectivity index (χ0n) is 35.8. The summed E-state index contributed by atoms with van der Waals surface area (Å²) in [5.74, 6) is -0.196. The molecule has 11 nitrogen and oxygen atoms in total. The molecule has 0 heterocycles. The molecule has 1 unspecified atom stereocenters. The summed E-state index contributed by atoms with van der Waals surface area (Å²) in [5.41, 5.74) is 0. The number of rotatable bonds is 40. The summed E-state index contributed by atoms with van der Waals surface area (Å²) < 4.78 is 32.6. The molecule has 0 aromatic carbocycles. The van der Waals surface area contributed by atoms with Gasteiger partial charge in [0.15, 0.2) is 6.10 Å². The third-order valence-electron chi connectivity index (χ3n) is 9.33. The SMILES string of the molecule is CC[C@@H](O)CC/C=C\C/C=C\C/C=C\C/C=C\CCCC(=O)O[C@H](COC(=O)CCCCCCCCCCCCCCCC(C)C)COP(=O)(O)OC[C@@H](O)CO. The summed E-state index contributed by atoms with van der Waals surface area (Å²) in [6.07, 6.45) is 37.4. The molecule has 0 aromatic heterocycles. The fourth-order valence-corrected chi connectivity index (χ4v) is 6.53. The first kappa shape index (κ1) is 54.9. The van der Waals surface area contributed by atoms with E-state index >= 15 is 0 Å². The van der Waals surface area contributed by atoms with Gasteiger partial charge in [-0.2, -0.15) is 0 Å². The molecule has 57 heavy (non-hydrogen) atoms. The number of carbonyl (C=O) groups is 2. The molecular formula is C45H81O11P. The fraction of sp³-hybridized carbons (Fsp3) is 0.778. The number of hydrogen-bond acceptors (Lipinski definition) is 10. The summed E-state index contributed by atoms with van der Waals surface area (Å²) in [6, 6.07) is 0. The monoisotopic (exact) mass is 829 g/mol. The van der Waals surface area contributed by atoms with Crippen molar-refractivity contribution in [3.05, 3.63) is 48.6 Å². The van der Waals surface area contributed by atoms with Gasteiger partial charge in [-0.3, -0.25) is 18.6 Å². The number of aliphatic hydroxyl groups excluding tert-OH is 3. The Kier molecular flexibility index (Phi) is 37.9. The average molecular weight is 829 g/mol. The van der Waals surface area contributed by atoms with Crippen LogP contribution >= 0.6 is 7.82 Å². The van der Waals surface area contributed by atoms with Crippen molar-refractivity contribution in [2.45, 2.75) is 193 Å². The fourth-order valence-electron chi connectivity index (χ4n) is 5.74. The first-order valence-electron chi connectivity index (χ1n) is 22.0. The van der Waals surface area contributed by atoms with Gasteiger partial charge in [0.25, 0.3) is 0 Å². The van der Waals surface area contributed by atoms with Gasteiger partial charge in [0.2, 0.25) is 0 Å². The van der Waals surface area contributed by atoms with Crippen molar-refractivity contribution in [1.29, 1.82) is 0 Å². The molecule has 0 fully saturated rings. The minimum absolute atomic E-state index is 0.0948. The molecule has 0 aliphatic heterocycles. The van der Waals surface area contributed by atoms with E-state index in [9.17, 15) is 29.3 Å². The summed E-state index contributed by atoms with van der Waals surface area (Å²) >= 11 is 0. The lowest BCUT2D eigenvalue weighted by molar-refractivity contribution is -0.161. The van der Waals surface area contributed by atoms with Gasteiger partial charge in [0.1, 0.15) is 12.7 Å². The van der Waals surface area contributed by atoms with E-state index in [1.807, 2.05) is 19.1 Å². The number of ether oxygens (including phenoxy) is 2. The van der Waals surface area contributed by atoms with E-state index in [0.29, 0.717) is 19.3 Å². The maximum atomic E-state index is 12.6. The summed E-state index contributed by atoms with van der Waals surface area (Å²) in [6.45, 7) is 4.36. The zero-order valence-corrected chi connectivity index (χ0v) is 36.7. The van der Waals surface area contributed by atoms with E-state index in [-0.39, 0.29) is 25.6 Å². The maximum Gasteiger partial charge on any atom is 0.472 e. The number of allylic oxidation sites excluding steroid dienone is 8. The van der Waals surface area contributed by atoms with Crippen LogP contribution in [0, 0.1) is 5.92 Å². The molecule has 0 rings (SSSR count). The van der Waals surface area contributed by atoms with Gasteiger partial charge in [-0.1, -0.05) is 153 Å². The topological polar surface area (TPSA) is 169 Å². The van der Waals surface area contributed by atoms with Crippen LogP contribution in [0.5, 0.6) is 0 Å². The predicted molar refractivity (Wildman–Crippen MR) is 230 cm³/mol. The van der Waals surface area contributed by atoms with Crippen molar-refractivity contribution >= 4 is 19.8 Å². The van der Waals surface area contributed by atoms with Crippen LogP contribution in [-0.2, 0) is 32.7 Å². The maximum absolute atomic E-state index is 12.6. The van der Waals surface area contributed by atoms with Gasteiger partial charge >= 0.3 is 19.8 Å². The van der Waals surface area contributed by atoms with Crippen LogP contribution in [-0.4, -0.2) is 76.9 Å². The molecule has 12 heteroatoms. The third-order valence-corrected chi connectivity index (χ3v) is 10.3. The number of phosphoric ester groups is 1. The highest BCUT2D eigenvalue weighted by atomic mass is 31.2. The smallest absolute Gasteiger partial charge is 0.462 e. The molecule has 0 spiro atoms. The van der Waals surface area contributed by atoms with Crippen molar-refractivity contribution in [1.82, 2.24) is 0 Å². The Morgan fingerprint density at radius 1 is 0.579 bits per heavy atom. The molecule has 0 bridgehead atoms. The highest BCUT2D eigenvalue weighted by Crippen LogP contribution is 2.43. The van der Waals surface area contributed by atoms with Crippen LogP contribution in [0.4, 0.5) is 0 Å². The molecule has 0 aliphatic carbocycles. The Bertz CT molecular complexity index is 1120. The second-order valence-corrected chi connectivity index (χ2v) is 16.8. The first-order chi connectivity index (χ1) is 27.5. The van der Waals surface area contributed by atoms with E-state index in [1.54, 1.807) is 0 Å². The lowest BCUT2D eigenvalue weighted by atomic mass is 10.0. The normalized spacial score (nSPS) is 14.9. The van der Waals surface area contributed by atoms with Gasteiger partial charge < -0.3 is 29.7 Å². The number of esters is 2. The summed E-state index contributed by atoms with van der Waals surface area (Å²) in [7, 11) is -4.64. The van der Waals surface area contributed by atoms with Gasteiger partial charge in [-0.15, -0.1) is 0 Å². The minimum atomic E-state index is -4.64. The zero-order chi connectivity index (χ0) is 42.2. The van der Waals surface area contributed by atoms with Crippen LogP contribution in [0.15, 0.2) is 48.6 Å². The first-order valence-corrected chi connectivity index (χ1v) is 23.5. The number of unbranched alkanes of at least 4 members (excludes halogenated alkanes) is 13. The number of aliphatic hydroxyl groups is 3. The molecule has 0 aliphatic rings. The van der Waals surface area contributed by atoms with E-state index in [0.717, 1.165) is 63.7 Å². The van der Waals surface area contributed by atoms with Crippen LogP contribution in [0.25, 0.3) is 0 Å². The van der Waals surface area contributed by atoms with Crippen LogP contribution in [0.1, 0.15) is 175 Å². The summed E-state index contributed by atoms with van der Waals surface area (Å²) in [4.78, 5) is 35.0. The van der Waals surface area contributed by atoms with Crippen molar-refractivity contribution in [2.75, 3.05) is 26.4 Å². The molecular weight excluding hydrogens is 747 g/mol. The summed E-state index contributed by atoms with van der Waals surface area (Å²) in [5, 5.41) is 27.9. The molecule has 0 amide bonds. The van der Waals surface area contributed by atoms with E-state index < -0.39 is 51.8 Å². The van der Waals surface area contributed by atoms with Crippen molar-refractivity contribution in [2.24, 2.45) is 5.92 Å². The van der Waals surface area contributed by atoms with Crippen molar-refractivity contribution in [3.63, 3.8) is 0 Å². The predicted octanol–water partition coefficient (Wildman–Crippen LogP) is 10.6. The van der Waals surface area contributed by atoms with Crippen molar-refractivity contribution in [3.8, 4) is 0 Å².